The molecule has 0 radical (unpaired) electrons. The summed E-state index contributed by atoms with van der Waals surface area (Å²) in [5.74, 6) is -0.776. The maximum Gasteiger partial charge on any atom is 0.303 e. The summed E-state index contributed by atoms with van der Waals surface area (Å²) in [6, 6.07) is 7.81. The molecular weight excluding hydrogens is 322 g/mol. The Morgan fingerprint density at radius 2 is 2.30 bits per heavy atom. The average Bonchev–Trinajstić information content (AvgIpc) is 2.74. The first kappa shape index (κ1) is 14.6. The maximum atomic E-state index is 10.6. The van der Waals surface area contributed by atoms with Crippen LogP contribution in [0.4, 0.5) is 5.69 Å². The van der Waals surface area contributed by atoms with Crippen LogP contribution in [0.3, 0.4) is 0 Å². The summed E-state index contributed by atoms with van der Waals surface area (Å²) in [5, 5.41) is 16.2. The third-order valence-corrected chi connectivity index (χ3v) is 3.69. The van der Waals surface area contributed by atoms with Gasteiger partial charge in [-0.1, -0.05) is 12.1 Å². The molecule has 0 spiro atoms. The van der Waals surface area contributed by atoms with Crippen molar-refractivity contribution in [3.8, 4) is 0 Å². The molecule has 2 aromatic rings. The number of nitrogens with one attached hydrogen (secondary N) is 1. The molecule has 0 fully saturated rings. The smallest absolute Gasteiger partial charge is 0.303 e. The predicted molar refractivity (Wildman–Crippen MR) is 80.6 cm³/mol. The van der Waals surface area contributed by atoms with Gasteiger partial charge < -0.3 is 10.4 Å². The fourth-order valence-electron chi connectivity index (χ4n) is 1.91. The number of carboxylic acid groups (broad SMARTS) is 1. The summed E-state index contributed by atoms with van der Waals surface area (Å²) in [5.41, 5.74) is 3.04. The highest BCUT2D eigenvalue weighted by Gasteiger charge is 2.06. The summed E-state index contributed by atoms with van der Waals surface area (Å²) >= 11 is 3.46. The van der Waals surface area contributed by atoms with Crippen molar-refractivity contribution in [1.82, 2.24) is 9.78 Å². The molecule has 6 heteroatoms. The van der Waals surface area contributed by atoms with Crippen LogP contribution in [0, 0.1) is 0 Å². The third kappa shape index (κ3) is 3.84. The lowest BCUT2D eigenvalue weighted by Gasteiger charge is -2.09. The van der Waals surface area contributed by atoms with E-state index in [0.717, 1.165) is 21.4 Å². The van der Waals surface area contributed by atoms with E-state index in [1.165, 1.54) is 0 Å². The molecule has 0 saturated carbocycles. The van der Waals surface area contributed by atoms with Crippen LogP contribution in [0.25, 0.3) is 0 Å². The summed E-state index contributed by atoms with van der Waals surface area (Å²) in [4.78, 5) is 10.6. The number of hydrogen-bond donors (Lipinski definition) is 2. The minimum absolute atomic E-state index is 0.150. The second-order valence-corrected chi connectivity index (χ2v) is 5.36. The van der Waals surface area contributed by atoms with Crippen molar-refractivity contribution < 1.29 is 9.90 Å². The van der Waals surface area contributed by atoms with Gasteiger partial charge in [0.1, 0.15) is 0 Å². The fourth-order valence-corrected chi connectivity index (χ4v) is 2.40. The van der Waals surface area contributed by atoms with Crippen molar-refractivity contribution in [2.45, 2.75) is 19.4 Å². The summed E-state index contributed by atoms with van der Waals surface area (Å²) in [6.07, 6.45) is 2.46. The third-order valence-electron chi connectivity index (χ3n) is 3.03. The van der Waals surface area contributed by atoms with Crippen LogP contribution in [0.1, 0.15) is 17.7 Å². The monoisotopic (exact) mass is 337 g/mol. The quantitative estimate of drug-likeness (QED) is 0.850. The molecule has 5 nitrogen and oxygen atoms in total. The number of anilines is 1. The number of hydrogen-bond acceptors (Lipinski definition) is 3. The van der Waals surface area contributed by atoms with E-state index in [0.29, 0.717) is 13.0 Å². The van der Waals surface area contributed by atoms with Crippen molar-refractivity contribution in [2.75, 3.05) is 5.32 Å². The standard InChI is InChI=1S/C14H16BrN3O2/c1-18-13(12(15)8-17-18)9-16-11-4-2-3-10(7-11)5-6-14(19)20/h2-4,7-8,16H,5-6,9H2,1H3,(H,19,20). The molecule has 20 heavy (non-hydrogen) atoms. The van der Waals surface area contributed by atoms with Crippen LogP contribution >= 0.6 is 15.9 Å². The van der Waals surface area contributed by atoms with Gasteiger partial charge in [0.05, 0.1) is 22.9 Å². The zero-order chi connectivity index (χ0) is 14.5. The van der Waals surface area contributed by atoms with Gasteiger partial charge in [-0.2, -0.15) is 5.10 Å². The molecule has 0 bridgehead atoms. The highest BCUT2D eigenvalue weighted by Crippen LogP contribution is 2.18. The largest absolute Gasteiger partial charge is 0.481 e. The summed E-state index contributed by atoms with van der Waals surface area (Å²) < 4.78 is 2.78. The molecule has 0 amide bonds. The summed E-state index contributed by atoms with van der Waals surface area (Å²) in [6.45, 7) is 0.652. The molecule has 0 aliphatic rings. The minimum Gasteiger partial charge on any atom is -0.481 e. The Kier molecular flexibility index (Phi) is 4.79. The van der Waals surface area contributed by atoms with Gasteiger partial charge in [-0.25, -0.2) is 0 Å². The first-order chi connectivity index (χ1) is 9.56. The van der Waals surface area contributed by atoms with E-state index in [1.807, 2.05) is 36.0 Å². The SMILES string of the molecule is Cn1ncc(Br)c1CNc1cccc(CCC(=O)O)c1. The van der Waals surface area contributed by atoms with Crippen LogP contribution in [-0.4, -0.2) is 20.9 Å². The van der Waals surface area contributed by atoms with Gasteiger partial charge in [0.25, 0.3) is 0 Å². The zero-order valence-corrected chi connectivity index (χ0v) is 12.7. The second kappa shape index (κ2) is 6.56. The molecule has 0 aliphatic heterocycles. The topological polar surface area (TPSA) is 67.2 Å². The summed E-state index contributed by atoms with van der Waals surface area (Å²) in [7, 11) is 1.89. The van der Waals surface area contributed by atoms with Crippen molar-refractivity contribution in [2.24, 2.45) is 7.05 Å². The zero-order valence-electron chi connectivity index (χ0n) is 11.1. The van der Waals surface area contributed by atoms with E-state index in [4.69, 9.17) is 5.11 Å². The second-order valence-electron chi connectivity index (χ2n) is 4.51. The molecular formula is C14H16BrN3O2. The Balaban J connectivity index is 1.99. The van der Waals surface area contributed by atoms with Crippen molar-refractivity contribution in [3.63, 3.8) is 0 Å². The number of nitrogens with zero attached hydrogens (tertiary/aromatic N) is 2. The molecule has 0 saturated heterocycles. The van der Waals surface area contributed by atoms with Gasteiger partial charge in [0.15, 0.2) is 0 Å². The Morgan fingerprint density at radius 3 is 2.95 bits per heavy atom. The van der Waals surface area contributed by atoms with E-state index in [1.54, 1.807) is 6.20 Å². The number of benzene rings is 1. The number of aryl methyl sites for hydroxylation is 2. The lowest BCUT2D eigenvalue weighted by molar-refractivity contribution is -0.136. The average molecular weight is 338 g/mol. The van der Waals surface area contributed by atoms with E-state index < -0.39 is 5.97 Å². The van der Waals surface area contributed by atoms with Crippen LogP contribution in [-0.2, 0) is 24.8 Å². The van der Waals surface area contributed by atoms with E-state index in [2.05, 4.69) is 26.3 Å². The lowest BCUT2D eigenvalue weighted by atomic mass is 10.1. The Bertz CT molecular complexity index is 591. The van der Waals surface area contributed by atoms with E-state index in [9.17, 15) is 4.79 Å². The van der Waals surface area contributed by atoms with Crippen molar-refractivity contribution >= 4 is 27.6 Å². The Hall–Kier alpha value is -1.82. The van der Waals surface area contributed by atoms with Gasteiger partial charge in [0.2, 0.25) is 0 Å². The number of carboxylic acids is 1. The van der Waals surface area contributed by atoms with Gasteiger partial charge in [0, 0.05) is 19.2 Å². The van der Waals surface area contributed by atoms with Gasteiger partial charge in [-0.15, -0.1) is 0 Å². The molecule has 0 aliphatic carbocycles. The number of carbonyl (C=O) groups is 1. The van der Waals surface area contributed by atoms with Gasteiger partial charge >= 0.3 is 5.97 Å². The van der Waals surface area contributed by atoms with Crippen LogP contribution in [0.5, 0.6) is 0 Å². The molecule has 0 unspecified atom stereocenters. The van der Waals surface area contributed by atoms with E-state index in [-0.39, 0.29) is 6.42 Å². The number of rotatable bonds is 6. The minimum atomic E-state index is -0.776. The molecule has 1 aromatic carbocycles. The maximum absolute atomic E-state index is 10.6. The highest BCUT2D eigenvalue weighted by molar-refractivity contribution is 9.10. The van der Waals surface area contributed by atoms with E-state index >= 15 is 0 Å². The molecule has 1 aromatic heterocycles. The molecule has 2 N–H and O–H groups in total. The molecule has 2 rings (SSSR count). The predicted octanol–water partition coefficient (Wildman–Crippen LogP) is 2.81. The van der Waals surface area contributed by atoms with Crippen molar-refractivity contribution in [3.05, 3.63) is 46.2 Å². The van der Waals surface area contributed by atoms with Crippen LogP contribution in [0.2, 0.25) is 0 Å². The normalized spacial score (nSPS) is 10.5. The number of aliphatic carboxylic acids is 1. The van der Waals surface area contributed by atoms with Crippen molar-refractivity contribution in [1.29, 1.82) is 0 Å². The lowest BCUT2D eigenvalue weighted by Crippen LogP contribution is -2.06. The van der Waals surface area contributed by atoms with Crippen LogP contribution < -0.4 is 5.32 Å². The Morgan fingerprint density at radius 1 is 1.50 bits per heavy atom. The first-order valence-corrected chi connectivity index (χ1v) is 7.06. The number of aromatic nitrogens is 2. The molecule has 1 heterocycles. The van der Waals surface area contributed by atoms with Gasteiger partial charge in [-0.3, -0.25) is 9.48 Å². The fraction of sp³-hybridized carbons (Fsp3) is 0.286. The Labute approximate surface area is 125 Å². The molecule has 106 valence electrons. The molecule has 0 atom stereocenters. The number of halogens is 1. The van der Waals surface area contributed by atoms with Crippen LogP contribution in [0.15, 0.2) is 34.9 Å². The van der Waals surface area contributed by atoms with Gasteiger partial charge in [-0.05, 0) is 40.0 Å². The highest BCUT2D eigenvalue weighted by atomic mass is 79.9. The first-order valence-electron chi connectivity index (χ1n) is 6.27.